The molecule has 1 aromatic carbocycles. The van der Waals surface area contributed by atoms with Gasteiger partial charge in [-0.15, -0.1) is 0 Å². The van der Waals surface area contributed by atoms with Crippen LogP contribution in [0.1, 0.15) is 12.8 Å². The fourth-order valence-electron chi connectivity index (χ4n) is 1.86. The molecule has 5 nitrogen and oxygen atoms in total. The highest BCUT2D eigenvalue weighted by molar-refractivity contribution is 5.94. The molecule has 0 radical (unpaired) electrons. The van der Waals surface area contributed by atoms with Crippen LogP contribution in [0.25, 0.3) is 0 Å². The number of benzene rings is 1. The first-order valence-electron chi connectivity index (χ1n) is 5.61. The third-order valence-corrected chi connectivity index (χ3v) is 2.72. The molecule has 102 valence electrons. The van der Waals surface area contributed by atoms with Crippen LogP contribution in [0, 0.1) is 11.6 Å². The summed E-state index contributed by atoms with van der Waals surface area (Å²) in [7, 11) is 0. The van der Waals surface area contributed by atoms with Crippen molar-refractivity contribution in [2.45, 2.75) is 25.0 Å². The first kappa shape index (κ1) is 13.4. The Bertz CT molecular complexity index is 500. The van der Waals surface area contributed by atoms with Gasteiger partial charge < -0.3 is 15.2 Å². The summed E-state index contributed by atoms with van der Waals surface area (Å²) >= 11 is 0. The second-order valence-electron chi connectivity index (χ2n) is 4.18. The van der Waals surface area contributed by atoms with Crippen LogP contribution in [-0.2, 0) is 14.3 Å². The number of carboxylic acid groups (broad SMARTS) is 1. The molecule has 2 atom stereocenters. The fraction of sp³-hybridized carbons (Fsp3) is 0.333. The van der Waals surface area contributed by atoms with E-state index in [2.05, 4.69) is 5.32 Å². The standard InChI is InChI=1S/C12H11F2NO4/c13-6-3-7(14)5-8(4-6)15-11(16)9-1-2-10(19-9)12(17)18/h3-5,9-10H,1-2H2,(H,15,16)(H,17,18)/t9-,10+/m0/s1. The zero-order valence-electron chi connectivity index (χ0n) is 9.73. The molecule has 0 unspecified atom stereocenters. The number of anilines is 1. The second kappa shape index (κ2) is 5.31. The molecule has 0 saturated carbocycles. The number of carbonyl (C=O) groups is 2. The van der Waals surface area contributed by atoms with Gasteiger partial charge in [-0.2, -0.15) is 0 Å². The molecule has 1 aliphatic rings. The topological polar surface area (TPSA) is 75.6 Å². The zero-order chi connectivity index (χ0) is 14.0. The minimum atomic E-state index is -1.13. The lowest BCUT2D eigenvalue weighted by molar-refractivity contribution is -0.150. The van der Waals surface area contributed by atoms with E-state index < -0.39 is 35.7 Å². The summed E-state index contributed by atoms with van der Waals surface area (Å²) in [6, 6.07) is 2.61. The average Bonchev–Trinajstić information content (AvgIpc) is 2.76. The van der Waals surface area contributed by atoms with Crippen LogP contribution < -0.4 is 5.32 Å². The van der Waals surface area contributed by atoms with Crippen molar-refractivity contribution < 1.29 is 28.2 Å². The first-order valence-corrected chi connectivity index (χ1v) is 5.61. The number of halogens is 2. The molecule has 1 aliphatic heterocycles. The minimum Gasteiger partial charge on any atom is -0.479 e. The third kappa shape index (κ3) is 3.25. The Hall–Kier alpha value is -2.02. The maximum absolute atomic E-state index is 12.9. The number of carbonyl (C=O) groups excluding carboxylic acids is 1. The van der Waals surface area contributed by atoms with Crippen LogP contribution >= 0.6 is 0 Å². The van der Waals surface area contributed by atoms with E-state index in [1.807, 2.05) is 0 Å². The molecule has 7 heteroatoms. The first-order chi connectivity index (χ1) is 8.95. The Morgan fingerprint density at radius 3 is 2.26 bits per heavy atom. The van der Waals surface area contributed by atoms with Crippen molar-refractivity contribution in [3.05, 3.63) is 29.8 Å². The number of ether oxygens (including phenoxy) is 1. The van der Waals surface area contributed by atoms with E-state index in [0.717, 1.165) is 12.1 Å². The van der Waals surface area contributed by atoms with Gasteiger partial charge in [0.25, 0.3) is 5.91 Å². The molecule has 0 aromatic heterocycles. The average molecular weight is 271 g/mol. The van der Waals surface area contributed by atoms with Crippen LogP contribution in [0.5, 0.6) is 0 Å². The summed E-state index contributed by atoms with van der Waals surface area (Å²) in [6.07, 6.45) is -1.46. The summed E-state index contributed by atoms with van der Waals surface area (Å²) in [5.41, 5.74) is -0.0372. The SMILES string of the molecule is O=C(Nc1cc(F)cc(F)c1)[C@@H]1CC[C@H](C(=O)O)O1. The molecule has 1 aromatic rings. The molecule has 0 aliphatic carbocycles. The van der Waals surface area contributed by atoms with E-state index in [-0.39, 0.29) is 18.5 Å². The van der Waals surface area contributed by atoms with Gasteiger partial charge in [0.05, 0.1) is 0 Å². The molecule has 1 fully saturated rings. The highest BCUT2D eigenvalue weighted by Gasteiger charge is 2.34. The third-order valence-electron chi connectivity index (χ3n) is 2.72. The Morgan fingerprint density at radius 2 is 1.74 bits per heavy atom. The molecule has 1 saturated heterocycles. The fourth-order valence-corrected chi connectivity index (χ4v) is 1.86. The van der Waals surface area contributed by atoms with Gasteiger partial charge in [-0.05, 0) is 25.0 Å². The molecule has 1 heterocycles. The maximum atomic E-state index is 12.9. The monoisotopic (exact) mass is 271 g/mol. The molecule has 0 spiro atoms. The lowest BCUT2D eigenvalue weighted by Crippen LogP contribution is -2.30. The lowest BCUT2D eigenvalue weighted by Gasteiger charge is -2.11. The van der Waals surface area contributed by atoms with Crippen molar-refractivity contribution in [2.75, 3.05) is 5.32 Å². The molecular formula is C12H11F2NO4. The number of carboxylic acids is 1. The Balaban J connectivity index is 2.00. The largest absolute Gasteiger partial charge is 0.479 e. The molecule has 2 N–H and O–H groups in total. The van der Waals surface area contributed by atoms with Crippen molar-refractivity contribution in [2.24, 2.45) is 0 Å². The van der Waals surface area contributed by atoms with Crippen molar-refractivity contribution >= 4 is 17.6 Å². The number of amides is 1. The van der Waals surface area contributed by atoms with Crippen LogP contribution in [-0.4, -0.2) is 29.2 Å². The van der Waals surface area contributed by atoms with Gasteiger partial charge in [-0.1, -0.05) is 0 Å². The minimum absolute atomic E-state index is 0.0372. The quantitative estimate of drug-likeness (QED) is 0.874. The van der Waals surface area contributed by atoms with Crippen molar-refractivity contribution in [1.82, 2.24) is 0 Å². The number of nitrogens with one attached hydrogen (secondary N) is 1. The van der Waals surface area contributed by atoms with Crippen LogP contribution in [0.3, 0.4) is 0 Å². The molecular weight excluding hydrogens is 260 g/mol. The van der Waals surface area contributed by atoms with Gasteiger partial charge in [0.1, 0.15) is 17.7 Å². The van der Waals surface area contributed by atoms with Gasteiger partial charge in [0, 0.05) is 11.8 Å². The highest BCUT2D eigenvalue weighted by atomic mass is 19.1. The van der Waals surface area contributed by atoms with Gasteiger partial charge in [-0.3, -0.25) is 4.79 Å². The van der Waals surface area contributed by atoms with Gasteiger partial charge in [0.2, 0.25) is 0 Å². The van der Waals surface area contributed by atoms with Gasteiger partial charge in [-0.25, -0.2) is 13.6 Å². The Labute approximate surface area is 107 Å². The highest BCUT2D eigenvalue weighted by Crippen LogP contribution is 2.22. The number of hydrogen-bond donors (Lipinski definition) is 2. The van der Waals surface area contributed by atoms with Crippen molar-refractivity contribution in [3.63, 3.8) is 0 Å². The number of hydrogen-bond acceptors (Lipinski definition) is 3. The lowest BCUT2D eigenvalue weighted by atomic mass is 10.2. The smallest absolute Gasteiger partial charge is 0.332 e. The van der Waals surface area contributed by atoms with E-state index in [4.69, 9.17) is 9.84 Å². The van der Waals surface area contributed by atoms with Crippen LogP contribution in [0.4, 0.5) is 14.5 Å². The van der Waals surface area contributed by atoms with E-state index in [1.54, 1.807) is 0 Å². The van der Waals surface area contributed by atoms with Gasteiger partial charge >= 0.3 is 5.97 Å². The van der Waals surface area contributed by atoms with Crippen LogP contribution in [0.2, 0.25) is 0 Å². The zero-order valence-corrected chi connectivity index (χ0v) is 9.73. The summed E-state index contributed by atoms with van der Waals surface area (Å²) in [6.45, 7) is 0. The van der Waals surface area contributed by atoms with E-state index in [1.165, 1.54) is 0 Å². The van der Waals surface area contributed by atoms with E-state index in [9.17, 15) is 18.4 Å². The molecule has 1 amide bonds. The Kier molecular flexibility index (Phi) is 3.75. The van der Waals surface area contributed by atoms with Crippen LogP contribution in [0.15, 0.2) is 18.2 Å². The normalized spacial score (nSPS) is 22.2. The van der Waals surface area contributed by atoms with Gasteiger partial charge in [0.15, 0.2) is 6.10 Å². The summed E-state index contributed by atoms with van der Waals surface area (Å²) in [4.78, 5) is 22.4. The Morgan fingerprint density at radius 1 is 1.16 bits per heavy atom. The van der Waals surface area contributed by atoms with E-state index >= 15 is 0 Å². The molecule has 19 heavy (non-hydrogen) atoms. The van der Waals surface area contributed by atoms with Crippen molar-refractivity contribution in [1.29, 1.82) is 0 Å². The maximum Gasteiger partial charge on any atom is 0.332 e. The van der Waals surface area contributed by atoms with E-state index in [0.29, 0.717) is 6.07 Å². The number of aliphatic carboxylic acids is 1. The summed E-state index contributed by atoms with van der Waals surface area (Å²) in [5.74, 6) is -3.38. The predicted molar refractivity (Wildman–Crippen MR) is 60.5 cm³/mol. The second-order valence-corrected chi connectivity index (χ2v) is 4.18. The number of rotatable bonds is 3. The molecule has 2 rings (SSSR count). The van der Waals surface area contributed by atoms with Crippen molar-refractivity contribution in [3.8, 4) is 0 Å². The summed E-state index contributed by atoms with van der Waals surface area (Å²) in [5, 5.41) is 11.0. The predicted octanol–water partition coefficient (Wildman–Crippen LogP) is 1.54. The summed E-state index contributed by atoms with van der Waals surface area (Å²) < 4.78 is 30.9. The molecule has 0 bridgehead atoms.